The Hall–Kier alpha value is -0.650. The molecule has 0 aromatic carbocycles. The second-order valence-corrected chi connectivity index (χ2v) is 3.00. The standard InChI is InChI=1S/C7H13NO4/c9-4-1-2-8-7(4)5(10)3-6(11)12/h4-5,7-10H,1-3H2,(H,11,12)/t4-,5-,7-/m1/s1. The largest absolute Gasteiger partial charge is 0.481 e. The Morgan fingerprint density at radius 1 is 1.67 bits per heavy atom. The van der Waals surface area contributed by atoms with E-state index in [2.05, 4.69) is 5.32 Å². The van der Waals surface area contributed by atoms with Gasteiger partial charge in [-0.05, 0) is 13.0 Å². The van der Waals surface area contributed by atoms with Crippen molar-refractivity contribution >= 4 is 5.97 Å². The van der Waals surface area contributed by atoms with Crippen molar-refractivity contribution in [2.24, 2.45) is 0 Å². The average Bonchev–Trinajstić information content (AvgIpc) is 2.33. The minimum absolute atomic E-state index is 0.325. The highest BCUT2D eigenvalue weighted by Crippen LogP contribution is 2.12. The lowest BCUT2D eigenvalue weighted by atomic mass is 10.0. The summed E-state index contributed by atoms with van der Waals surface area (Å²) >= 11 is 0. The molecule has 12 heavy (non-hydrogen) atoms. The summed E-state index contributed by atoms with van der Waals surface area (Å²) in [5.41, 5.74) is 0. The number of carbonyl (C=O) groups is 1. The van der Waals surface area contributed by atoms with Crippen LogP contribution >= 0.6 is 0 Å². The molecule has 1 aliphatic rings. The molecule has 0 spiro atoms. The second-order valence-electron chi connectivity index (χ2n) is 3.00. The summed E-state index contributed by atoms with van der Waals surface area (Å²) in [6.07, 6.45) is -1.38. The van der Waals surface area contributed by atoms with E-state index in [0.29, 0.717) is 13.0 Å². The first-order chi connectivity index (χ1) is 5.61. The van der Waals surface area contributed by atoms with Crippen LogP contribution in [-0.4, -0.2) is 46.1 Å². The molecule has 0 bridgehead atoms. The lowest BCUT2D eigenvalue weighted by Crippen LogP contribution is -2.42. The van der Waals surface area contributed by atoms with Crippen LogP contribution in [0.25, 0.3) is 0 Å². The molecule has 0 aromatic heterocycles. The van der Waals surface area contributed by atoms with E-state index in [0.717, 1.165) is 0 Å². The molecule has 0 aliphatic carbocycles. The molecule has 70 valence electrons. The third kappa shape index (κ3) is 2.17. The zero-order valence-corrected chi connectivity index (χ0v) is 6.60. The van der Waals surface area contributed by atoms with Crippen molar-refractivity contribution in [3.05, 3.63) is 0 Å². The molecule has 0 unspecified atom stereocenters. The highest BCUT2D eigenvalue weighted by molar-refractivity contribution is 5.67. The third-order valence-electron chi connectivity index (χ3n) is 2.03. The molecule has 3 atom stereocenters. The quantitative estimate of drug-likeness (QED) is 0.421. The van der Waals surface area contributed by atoms with E-state index in [9.17, 15) is 15.0 Å². The van der Waals surface area contributed by atoms with Gasteiger partial charge in [-0.2, -0.15) is 0 Å². The first kappa shape index (κ1) is 9.44. The van der Waals surface area contributed by atoms with Gasteiger partial charge in [-0.15, -0.1) is 0 Å². The van der Waals surface area contributed by atoms with Crippen LogP contribution in [0.15, 0.2) is 0 Å². The van der Waals surface area contributed by atoms with E-state index in [4.69, 9.17) is 5.11 Å². The monoisotopic (exact) mass is 175 g/mol. The number of carboxylic acids is 1. The molecule has 1 saturated heterocycles. The molecule has 5 heteroatoms. The predicted octanol–water partition coefficient (Wildman–Crippen LogP) is -1.46. The summed E-state index contributed by atoms with van der Waals surface area (Å²) in [7, 11) is 0. The Morgan fingerprint density at radius 2 is 2.33 bits per heavy atom. The van der Waals surface area contributed by atoms with Crippen LogP contribution in [0.3, 0.4) is 0 Å². The van der Waals surface area contributed by atoms with Crippen LogP contribution in [0.1, 0.15) is 12.8 Å². The summed E-state index contributed by atoms with van der Waals surface area (Å²) in [5.74, 6) is -1.05. The van der Waals surface area contributed by atoms with Gasteiger partial charge in [-0.3, -0.25) is 4.79 Å². The van der Waals surface area contributed by atoms with Crippen LogP contribution in [-0.2, 0) is 4.79 Å². The van der Waals surface area contributed by atoms with E-state index < -0.39 is 24.2 Å². The van der Waals surface area contributed by atoms with Crippen molar-refractivity contribution < 1.29 is 20.1 Å². The molecule has 4 N–H and O–H groups in total. The number of aliphatic carboxylic acids is 1. The van der Waals surface area contributed by atoms with Gasteiger partial charge in [0.2, 0.25) is 0 Å². The van der Waals surface area contributed by atoms with Crippen molar-refractivity contribution in [3.63, 3.8) is 0 Å². The third-order valence-corrected chi connectivity index (χ3v) is 2.03. The number of rotatable bonds is 3. The smallest absolute Gasteiger partial charge is 0.306 e. The Balaban J connectivity index is 2.40. The van der Waals surface area contributed by atoms with Gasteiger partial charge in [-0.25, -0.2) is 0 Å². The van der Waals surface area contributed by atoms with Gasteiger partial charge < -0.3 is 20.6 Å². The summed E-state index contributed by atoms with van der Waals surface area (Å²) in [6, 6.07) is -0.485. The lowest BCUT2D eigenvalue weighted by molar-refractivity contribution is -0.139. The van der Waals surface area contributed by atoms with Crippen molar-refractivity contribution in [2.75, 3.05) is 6.54 Å². The van der Waals surface area contributed by atoms with Gasteiger partial charge >= 0.3 is 5.97 Å². The normalized spacial score (nSPS) is 31.8. The van der Waals surface area contributed by atoms with Gasteiger partial charge in [0.1, 0.15) is 0 Å². The van der Waals surface area contributed by atoms with Gasteiger partial charge in [0.15, 0.2) is 0 Å². The number of aliphatic hydroxyl groups is 2. The van der Waals surface area contributed by atoms with E-state index in [1.54, 1.807) is 0 Å². The van der Waals surface area contributed by atoms with E-state index >= 15 is 0 Å². The molecular weight excluding hydrogens is 162 g/mol. The number of hydrogen-bond donors (Lipinski definition) is 4. The summed E-state index contributed by atoms with van der Waals surface area (Å²) < 4.78 is 0. The van der Waals surface area contributed by atoms with Crippen LogP contribution in [0, 0.1) is 0 Å². The fraction of sp³-hybridized carbons (Fsp3) is 0.857. The molecule has 1 heterocycles. The fourth-order valence-electron chi connectivity index (χ4n) is 1.41. The molecule has 1 aliphatic heterocycles. The summed E-state index contributed by atoms with van der Waals surface area (Å²) in [4.78, 5) is 10.2. The first-order valence-electron chi connectivity index (χ1n) is 3.92. The zero-order chi connectivity index (χ0) is 9.14. The van der Waals surface area contributed by atoms with Gasteiger partial charge in [0.25, 0.3) is 0 Å². The number of hydrogen-bond acceptors (Lipinski definition) is 4. The molecular formula is C7H13NO4. The predicted molar refractivity (Wildman–Crippen MR) is 40.7 cm³/mol. The van der Waals surface area contributed by atoms with E-state index in [1.165, 1.54) is 0 Å². The number of carboxylic acid groups (broad SMARTS) is 1. The van der Waals surface area contributed by atoms with Gasteiger partial charge in [0.05, 0.1) is 24.7 Å². The molecule has 0 saturated carbocycles. The summed E-state index contributed by atoms with van der Waals surface area (Å²) in [5, 5.41) is 29.8. The Bertz CT molecular complexity index is 173. The van der Waals surface area contributed by atoms with Crippen LogP contribution in [0.2, 0.25) is 0 Å². The Morgan fingerprint density at radius 3 is 2.75 bits per heavy atom. The molecule has 0 radical (unpaired) electrons. The highest BCUT2D eigenvalue weighted by atomic mass is 16.4. The minimum Gasteiger partial charge on any atom is -0.481 e. The lowest BCUT2D eigenvalue weighted by Gasteiger charge is -2.19. The second kappa shape index (κ2) is 3.84. The maximum atomic E-state index is 10.2. The Labute approximate surface area is 70.0 Å². The summed E-state index contributed by atoms with van der Waals surface area (Å²) in [6.45, 7) is 0.627. The fourth-order valence-corrected chi connectivity index (χ4v) is 1.41. The van der Waals surface area contributed by atoms with Crippen molar-refractivity contribution in [1.29, 1.82) is 0 Å². The van der Waals surface area contributed by atoms with Crippen molar-refractivity contribution in [1.82, 2.24) is 5.32 Å². The van der Waals surface area contributed by atoms with Crippen LogP contribution in [0.5, 0.6) is 0 Å². The van der Waals surface area contributed by atoms with Crippen LogP contribution in [0.4, 0.5) is 0 Å². The Kier molecular flexibility index (Phi) is 3.02. The topological polar surface area (TPSA) is 89.8 Å². The van der Waals surface area contributed by atoms with E-state index in [-0.39, 0.29) is 6.42 Å². The molecule has 1 rings (SSSR count). The SMILES string of the molecule is O=C(O)C[C@@H](O)[C@@H]1NCC[C@H]1O. The van der Waals surface area contributed by atoms with Crippen molar-refractivity contribution in [2.45, 2.75) is 31.1 Å². The van der Waals surface area contributed by atoms with Gasteiger partial charge in [-0.1, -0.05) is 0 Å². The maximum Gasteiger partial charge on any atom is 0.306 e. The van der Waals surface area contributed by atoms with Crippen LogP contribution < -0.4 is 5.32 Å². The minimum atomic E-state index is -1.05. The van der Waals surface area contributed by atoms with Crippen molar-refractivity contribution in [3.8, 4) is 0 Å². The molecule has 0 aromatic rings. The van der Waals surface area contributed by atoms with E-state index in [1.807, 2.05) is 0 Å². The van der Waals surface area contributed by atoms with Gasteiger partial charge in [0, 0.05) is 0 Å². The molecule has 5 nitrogen and oxygen atoms in total. The maximum absolute atomic E-state index is 10.2. The number of nitrogens with one attached hydrogen (secondary N) is 1. The average molecular weight is 175 g/mol. The highest BCUT2D eigenvalue weighted by Gasteiger charge is 2.31. The molecule has 1 fully saturated rings. The molecule has 0 amide bonds. The zero-order valence-electron chi connectivity index (χ0n) is 6.60. The first-order valence-corrected chi connectivity index (χ1v) is 3.92. The number of aliphatic hydroxyl groups excluding tert-OH is 2.